The molecule has 0 heterocycles. The molecule has 0 radical (unpaired) electrons. The first-order valence-electron chi connectivity index (χ1n) is 8.02. The van der Waals surface area contributed by atoms with Crippen LogP contribution in [0.2, 0.25) is 0 Å². The van der Waals surface area contributed by atoms with Crippen LogP contribution in [0.15, 0.2) is 29.2 Å². The van der Waals surface area contributed by atoms with E-state index in [-0.39, 0.29) is 34.5 Å². The summed E-state index contributed by atoms with van der Waals surface area (Å²) in [6.45, 7) is 4.40. The quantitative estimate of drug-likeness (QED) is 0.388. The molecule has 22 heavy (non-hydrogen) atoms. The summed E-state index contributed by atoms with van der Waals surface area (Å²) in [4.78, 5) is -0.0330. The summed E-state index contributed by atoms with van der Waals surface area (Å²) in [5.74, 6) is 0.427. The normalized spacial score (nSPS) is 12.7. The van der Waals surface area contributed by atoms with E-state index in [4.69, 9.17) is 4.55 Å². The van der Waals surface area contributed by atoms with Gasteiger partial charge in [-0.2, -0.15) is 8.42 Å². The molecule has 0 aliphatic heterocycles. The monoisotopic (exact) mass is 336 g/mol. The van der Waals surface area contributed by atoms with E-state index in [9.17, 15) is 8.42 Å². The zero-order valence-corrected chi connectivity index (χ0v) is 14.0. The van der Waals surface area contributed by atoms with Gasteiger partial charge in [0.2, 0.25) is 0 Å². The predicted octanol–water partition coefficient (Wildman–Crippen LogP) is 4.53. The van der Waals surface area contributed by atoms with E-state index in [0.29, 0.717) is 5.92 Å². The number of hydrogen-bond acceptors (Lipinski definition) is 2. The Labute approximate surface area is 157 Å². The van der Waals surface area contributed by atoms with Crippen molar-refractivity contribution < 1.29 is 13.0 Å². The van der Waals surface area contributed by atoms with Gasteiger partial charge in [0.15, 0.2) is 0 Å². The van der Waals surface area contributed by atoms with Crippen molar-refractivity contribution in [2.45, 2.75) is 76.0 Å². The molecule has 1 aromatic carbocycles. The van der Waals surface area contributed by atoms with E-state index in [1.807, 2.05) is 0 Å². The number of hydrogen-bond donors (Lipinski definition) is 1. The second-order valence-corrected chi connectivity index (χ2v) is 7.28. The van der Waals surface area contributed by atoms with Gasteiger partial charge < -0.3 is 0 Å². The van der Waals surface area contributed by atoms with Gasteiger partial charge in [-0.1, -0.05) is 70.9 Å². The maximum absolute atomic E-state index is 11.0. The summed E-state index contributed by atoms with van der Waals surface area (Å²) < 4.78 is 30.9. The van der Waals surface area contributed by atoms with Crippen molar-refractivity contribution in [2.75, 3.05) is 0 Å². The van der Waals surface area contributed by atoms with Crippen LogP contribution in [0.4, 0.5) is 0 Å². The van der Waals surface area contributed by atoms with Crippen molar-refractivity contribution in [3.05, 3.63) is 29.8 Å². The van der Waals surface area contributed by atoms with Crippen molar-refractivity contribution in [2.24, 2.45) is 0 Å². The Morgan fingerprint density at radius 2 is 1.45 bits per heavy atom. The van der Waals surface area contributed by atoms with Gasteiger partial charge in [0.25, 0.3) is 10.1 Å². The maximum atomic E-state index is 11.0. The second kappa shape index (κ2) is 11.6. The van der Waals surface area contributed by atoms with Gasteiger partial charge in [-0.25, -0.2) is 0 Å². The van der Waals surface area contributed by atoms with E-state index in [1.54, 1.807) is 12.1 Å². The minimum absolute atomic E-state index is 0. The third kappa shape index (κ3) is 8.68. The van der Waals surface area contributed by atoms with Crippen LogP contribution < -0.4 is 0 Å². The first-order chi connectivity index (χ1) is 9.95. The van der Waals surface area contributed by atoms with Gasteiger partial charge in [0, 0.05) is 0 Å². The Morgan fingerprint density at radius 1 is 0.955 bits per heavy atom. The molecule has 3 nitrogen and oxygen atoms in total. The molecule has 1 rings (SSSR count). The van der Waals surface area contributed by atoms with Crippen LogP contribution in [0.25, 0.3) is 0 Å². The summed E-state index contributed by atoms with van der Waals surface area (Å²) in [5.41, 5.74) is 1.13. The Hall–Kier alpha value is 0.130. The average Bonchev–Trinajstić information content (AvgIpc) is 2.45. The van der Waals surface area contributed by atoms with E-state index in [0.717, 1.165) is 12.0 Å². The molecule has 1 N–H and O–H groups in total. The number of unbranched alkanes of at least 4 members (excludes halogenated alkanes) is 6. The molecule has 1 unspecified atom stereocenters. The average molecular weight is 336 g/mol. The van der Waals surface area contributed by atoms with E-state index >= 15 is 0 Å². The topological polar surface area (TPSA) is 54.4 Å². The fourth-order valence-corrected chi connectivity index (χ4v) is 3.02. The van der Waals surface area contributed by atoms with Crippen LogP contribution in [-0.2, 0) is 10.1 Å². The fraction of sp³-hybridized carbons (Fsp3) is 0.647. The third-order valence-corrected chi connectivity index (χ3v) is 4.86. The first-order valence-corrected chi connectivity index (χ1v) is 9.46. The van der Waals surface area contributed by atoms with Crippen LogP contribution in [0.5, 0.6) is 0 Å². The van der Waals surface area contributed by atoms with Gasteiger partial charge in [0.05, 0.1) is 4.90 Å². The summed E-state index contributed by atoms with van der Waals surface area (Å²) in [6, 6.07) is 6.56. The molecule has 1 aromatic rings. The Kier molecular flexibility index (Phi) is 11.7. The molecule has 0 aliphatic rings. The third-order valence-electron chi connectivity index (χ3n) is 3.99. The zero-order valence-electron chi connectivity index (χ0n) is 13.2. The Morgan fingerprint density at radius 3 is 1.95 bits per heavy atom. The molecule has 0 amide bonds. The van der Waals surface area contributed by atoms with Gasteiger partial charge >= 0.3 is 29.6 Å². The van der Waals surface area contributed by atoms with Gasteiger partial charge in [-0.05, 0) is 30.0 Å². The van der Waals surface area contributed by atoms with Gasteiger partial charge in [0.1, 0.15) is 0 Å². The van der Waals surface area contributed by atoms with Crippen LogP contribution in [-0.4, -0.2) is 42.5 Å². The molecular weight excluding hydrogens is 307 g/mol. The molecule has 122 valence electrons. The van der Waals surface area contributed by atoms with Gasteiger partial charge in [-0.3, -0.25) is 4.55 Å². The van der Waals surface area contributed by atoms with Gasteiger partial charge in [-0.15, -0.1) is 0 Å². The molecular formula is C17H29NaO3S. The molecule has 1 atom stereocenters. The van der Waals surface area contributed by atoms with Crippen molar-refractivity contribution in [1.82, 2.24) is 0 Å². The molecule has 0 spiro atoms. The molecule has 0 saturated carbocycles. The van der Waals surface area contributed by atoms with Crippen LogP contribution in [0.1, 0.15) is 76.7 Å². The number of benzene rings is 1. The number of rotatable bonds is 10. The first kappa shape index (κ1) is 22.1. The SMILES string of the molecule is CCCCCCCCCC(C)c1ccc(S(=O)(=O)O)cc1.[NaH]. The van der Waals surface area contributed by atoms with E-state index < -0.39 is 10.1 Å². The van der Waals surface area contributed by atoms with Crippen molar-refractivity contribution in [3.63, 3.8) is 0 Å². The molecule has 0 bridgehead atoms. The van der Waals surface area contributed by atoms with Crippen LogP contribution in [0, 0.1) is 0 Å². The molecule has 0 fully saturated rings. The van der Waals surface area contributed by atoms with Crippen LogP contribution in [0.3, 0.4) is 0 Å². The van der Waals surface area contributed by atoms with E-state index in [1.165, 1.54) is 57.1 Å². The summed E-state index contributed by atoms with van der Waals surface area (Å²) >= 11 is 0. The molecule has 0 saturated heterocycles. The Balaban J connectivity index is 0.00000441. The van der Waals surface area contributed by atoms with Crippen molar-refractivity contribution >= 4 is 39.7 Å². The summed E-state index contributed by atoms with van der Waals surface area (Å²) in [6.07, 6.45) is 10.2. The zero-order chi connectivity index (χ0) is 15.7. The summed E-state index contributed by atoms with van der Waals surface area (Å²) in [7, 11) is -4.08. The second-order valence-electron chi connectivity index (χ2n) is 5.86. The minimum atomic E-state index is -4.08. The fourth-order valence-electron chi connectivity index (χ4n) is 2.54. The standard InChI is InChI=1S/C17H28O3S.Na.H/c1-3-4-5-6-7-8-9-10-15(2)16-11-13-17(14-12-16)21(18,19)20;;/h11-15H,3-10H2,1-2H3,(H,18,19,20);;. The van der Waals surface area contributed by atoms with Crippen molar-refractivity contribution in [3.8, 4) is 0 Å². The van der Waals surface area contributed by atoms with E-state index in [2.05, 4.69) is 13.8 Å². The molecule has 0 aliphatic carbocycles. The molecule has 0 aromatic heterocycles. The summed E-state index contributed by atoms with van der Waals surface area (Å²) in [5, 5.41) is 0. The molecule has 5 heteroatoms. The predicted molar refractivity (Wildman–Crippen MR) is 94.4 cm³/mol. The van der Waals surface area contributed by atoms with Crippen molar-refractivity contribution in [1.29, 1.82) is 0 Å². The Bertz CT molecular complexity index is 497. The van der Waals surface area contributed by atoms with Crippen LogP contribution >= 0.6 is 0 Å².